The van der Waals surface area contributed by atoms with Crippen molar-refractivity contribution in [2.75, 3.05) is 20.1 Å². The number of aromatic nitrogens is 3. The van der Waals surface area contributed by atoms with Crippen LogP contribution in [-0.4, -0.2) is 68.4 Å². The molecule has 1 aromatic heterocycles. The first-order valence-corrected chi connectivity index (χ1v) is 11.3. The number of likely N-dealkylation sites (tertiary alicyclic amines) is 1. The number of benzene rings is 2. The summed E-state index contributed by atoms with van der Waals surface area (Å²) in [5, 5.41) is 12.5. The molecule has 0 saturated carbocycles. The van der Waals surface area contributed by atoms with Crippen LogP contribution in [0.5, 0.6) is 0 Å². The molecule has 2 amide bonds. The standard InChI is InChI=1S/C25H28N6O2/c1-18-22(28-31(27-18)20-11-7-4-8-12-20)24(33)30-15-13-25(14-16-30)26-21(23(32)29(25)2)17-19-9-5-3-6-10-19/h3-12,21,26H,13-17H2,1-2H3. The van der Waals surface area contributed by atoms with Crippen molar-refractivity contribution in [2.24, 2.45) is 0 Å². The van der Waals surface area contributed by atoms with Gasteiger partial charge in [-0.3, -0.25) is 14.9 Å². The van der Waals surface area contributed by atoms with Crippen LogP contribution in [0, 0.1) is 6.92 Å². The Morgan fingerprint density at radius 2 is 1.67 bits per heavy atom. The molecule has 0 aliphatic carbocycles. The van der Waals surface area contributed by atoms with Crippen molar-refractivity contribution < 1.29 is 9.59 Å². The Morgan fingerprint density at radius 1 is 1.03 bits per heavy atom. The summed E-state index contributed by atoms with van der Waals surface area (Å²) in [6.45, 7) is 2.92. The van der Waals surface area contributed by atoms with Crippen molar-refractivity contribution in [2.45, 2.75) is 37.9 Å². The van der Waals surface area contributed by atoms with Crippen LogP contribution in [0.3, 0.4) is 0 Å². The molecule has 0 radical (unpaired) electrons. The average molecular weight is 445 g/mol. The molecule has 3 heterocycles. The van der Waals surface area contributed by atoms with E-state index in [1.807, 2.05) is 84.4 Å². The largest absolute Gasteiger partial charge is 0.337 e. The zero-order chi connectivity index (χ0) is 23.0. The van der Waals surface area contributed by atoms with Gasteiger partial charge in [0.05, 0.1) is 23.1 Å². The third-order valence-electron chi connectivity index (χ3n) is 6.85. The van der Waals surface area contributed by atoms with Crippen molar-refractivity contribution in [1.29, 1.82) is 0 Å². The molecule has 2 aromatic carbocycles. The molecule has 2 saturated heterocycles. The number of amides is 2. The highest BCUT2D eigenvalue weighted by Crippen LogP contribution is 2.32. The molecule has 8 nitrogen and oxygen atoms in total. The van der Waals surface area contributed by atoms with Gasteiger partial charge >= 0.3 is 0 Å². The van der Waals surface area contributed by atoms with E-state index in [1.54, 1.807) is 0 Å². The second-order valence-corrected chi connectivity index (χ2v) is 8.87. The lowest BCUT2D eigenvalue weighted by Gasteiger charge is -2.43. The Labute approximate surface area is 193 Å². The van der Waals surface area contributed by atoms with Gasteiger partial charge in [0.2, 0.25) is 5.91 Å². The lowest BCUT2D eigenvalue weighted by atomic mass is 9.96. The fourth-order valence-corrected chi connectivity index (χ4v) is 4.88. The first kappa shape index (κ1) is 21.3. The van der Waals surface area contributed by atoms with Gasteiger partial charge in [-0.15, -0.1) is 5.10 Å². The molecule has 1 N–H and O–H groups in total. The predicted molar refractivity (Wildman–Crippen MR) is 124 cm³/mol. The van der Waals surface area contributed by atoms with Crippen molar-refractivity contribution in [3.8, 4) is 5.69 Å². The van der Waals surface area contributed by atoms with Crippen LogP contribution in [-0.2, 0) is 11.2 Å². The fraction of sp³-hybridized carbons (Fsp3) is 0.360. The van der Waals surface area contributed by atoms with Gasteiger partial charge in [0.15, 0.2) is 5.69 Å². The number of para-hydroxylation sites is 1. The zero-order valence-electron chi connectivity index (χ0n) is 18.9. The van der Waals surface area contributed by atoms with Gasteiger partial charge in [-0.2, -0.15) is 9.90 Å². The molecule has 2 aliphatic heterocycles. The summed E-state index contributed by atoms with van der Waals surface area (Å²) in [5.74, 6) is -0.00220. The zero-order valence-corrected chi connectivity index (χ0v) is 18.9. The van der Waals surface area contributed by atoms with Crippen LogP contribution < -0.4 is 5.32 Å². The highest BCUT2D eigenvalue weighted by Gasteiger charge is 2.50. The van der Waals surface area contributed by atoms with Crippen molar-refractivity contribution in [1.82, 2.24) is 30.1 Å². The first-order valence-electron chi connectivity index (χ1n) is 11.3. The highest BCUT2D eigenvalue weighted by molar-refractivity contribution is 5.93. The van der Waals surface area contributed by atoms with Crippen molar-refractivity contribution in [3.63, 3.8) is 0 Å². The maximum atomic E-state index is 13.2. The summed E-state index contributed by atoms with van der Waals surface area (Å²) < 4.78 is 0. The van der Waals surface area contributed by atoms with E-state index in [2.05, 4.69) is 15.5 Å². The summed E-state index contributed by atoms with van der Waals surface area (Å²) in [7, 11) is 1.87. The normalized spacial score (nSPS) is 19.9. The Balaban J connectivity index is 1.27. The molecule has 170 valence electrons. The quantitative estimate of drug-likeness (QED) is 0.667. The Hall–Kier alpha value is -3.52. The molecule has 5 rings (SSSR count). The van der Waals surface area contributed by atoms with E-state index >= 15 is 0 Å². The lowest BCUT2D eigenvalue weighted by molar-refractivity contribution is -0.131. The third kappa shape index (κ3) is 3.91. The van der Waals surface area contributed by atoms with Gasteiger partial charge < -0.3 is 9.80 Å². The molecule has 1 atom stereocenters. The molecule has 33 heavy (non-hydrogen) atoms. The van der Waals surface area contributed by atoms with Crippen molar-refractivity contribution in [3.05, 3.63) is 77.6 Å². The smallest absolute Gasteiger partial charge is 0.276 e. The SMILES string of the molecule is Cc1nn(-c2ccccc2)nc1C(=O)N1CCC2(CC1)NC(Cc1ccccc1)C(=O)N2C. The molecule has 1 spiro atoms. The molecular formula is C25H28N6O2. The molecule has 8 heteroatoms. The topological polar surface area (TPSA) is 83.4 Å². The molecule has 2 aliphatic rings. The van der Waals surface area contributed by atoms with Crippen LogP contribution >= 0.6 is 0 Å². The van der Waals surface area contributed by atoms with Gasteiger partial charge in [-0.25, -0.2) is 0 Å². The van der Waals surface area contributed by atoms with E-state index in [1.165, 1.54) is 4.80 Å². The van der Waals surface area contributed by atoms with Crippen molar-refractivity contribution >= 4 is 11.8 Å². The number of hydrogen-bond donors (Lipinski definition) is 1. The minimum Gasteiger partial charge on any atom is -0.337 e. The molecule has 0 bridgehead atoms. The van der Waals surface area contributed by atoms with Gasteiger partial charge in [0, 0.05) is 33.0 Å². The second kappa shape index (κ2) is 8.44. The van der Waals surface area contributed by atoms with Crippen LogP contribution in [0.15, 0.2) is 60.7 Å². The van der Waals surface area contributed by atoms with E-state index in [0.717, 1.165) is 11.3 Å². The van der Waals surface area contributed by atoms with Gasteiger partial charge in [-0.1, -0.05) is 48.5 Å². The minimum atomic E-state index is -0.413. The summed E-state index contributed by atoms with van der Waals surface area (Å²) in [6.07, 6.45) is 2.02. The minimum absolute atomic E-state index is 0.111. The van der Waals surface area contributed by atoms with Gasteiger partial charge in [-0.05, 0) is 31.0 Å². The first-order chi connectivity index (χ1) is 16.0. The van der Waals surface area contributed by atoms with Gasteiger partial charge in [0.1, 0.15) is 0 Å². The summed E-state index contributed by atoms with van der Waals surface area (Å²) >= 11 is 0. The number of rotatable bonds is 4. The number of nitrogens with zero attached hydrogens (tertiary/aromatic N) is 5. The lowest BCUT2D eigenvalue weighted by Crippen LogP contribution is -2.58. The van der Waals surface area contributed by atoms with E-state index in [-0.39, 0.29) is 17.9 Å². The van der Waals surface area contributed by atoms with Crippen LogP contribution in [0.25, 0.3) is 5.69 Å². The Morgan fingerprint density at radius 3 is 2.33 bits per heavy atom. The number of hydrogen-bond acceptors (Lipinski definition) is 5. The van der Waals surface area contributed by atoms with Crippen LogP contribution in [0.2, 0.25) is 0 Å². The number of aryl methyl sites for hydroxylation is 1. The van der Waals surface area contributed by atoms with E-state index < -0.39 is 5.66 Å². The molecule has 3 aromatic rings. The second-order valence-electron chi connectivity index (χ2n) is 8.87. The number of piperidine rings is 1. The molecule has 2 fully saturated rings. The Kier molecular flexibility index (Phi) is 5.46. The summed E-state index contributed by atoms with van der Waals surface area (Å²) in [5.41, 5.74) is 2.53. The number of likely N-dealkylation sites (N-methyl/N-ethyl adjacent to an activating group) is 1. The predicted octanol–water partition coefficient (Wildman–Crippen LogP) is 2.18. The molecular weight excluding hydrogens is 416 g/mol. The monoisotopic (exact) mass is 444 g/mol. The number of nitrogens with one attached hydrogen (secondary N) is 1. The number of carbonyl (C=O) groups is 2. The van der Waals surface area contributed by atoms with Crippen LogP contribution in [0.1, 0.15) is 34.6 Å². The van der Waals surface area contributed by atoms with E-state index in [9.17, 15) is 9.59 Å². The van der Waals surface area contributed by atoms with E-state index in [4.69, 9.17) is 0 Å². The third-order valence-corrected chi connectivity index (χ3v) is 6.85. The van der Waals surface area contributed by atoms with E-state index in [0.29, 0.717) is 43.7 Å². The Bertz CT molecular complexity index is 1150. The highest BCUT2D eigenvalue weighted by atomic mass is 16.2. The summed E-state index contributed by atoms with van der Waals surface area (Å²) in [6, 6.07) is 19.4. The average Bonchev–Trinajstić information content (AvgIpc) is 3.34. The maximum absolute atomic E-state index is 13.2. The maximum Gasteiger partial charge on any atom is 0.276 e. The molecule has 1 unspecified atom stereocenters. The fourth-order valence-electron chi connectivity index (χ4n) is 4.88. The van der Waals surface area contributed by atoms with Crippen LogP contribution in [0.4, 0.5) is 0 Å². The van der Waals surface area contributed by atoms with Gasteiger partial charge in [0.25, 0.3) is 5.91 Å². The summed E-state index contributed by atoms with van der Waals surface area (Å²) in [4.78, 5) is 31.4. The number of carbonyl (C=O) groups excluding carboxylic acids is 2.